The van der Waals surface area contributed by atoms with Crippen LogP contribution in [0.15, 0.2) is 30.5 Å². The van der Waals surface area contributed by atoms with Crippen LogP contribution in [0, 0.1) is 29.1 Å². The summed E-state index contributed by atoms with van der Waals surface area (Å²) in [5.41, 5.74) is -1.95. The van der Waals surface area contributed by atoms with E-state index >= 15 is 0 Å². The van der Waals surface area contributed by atoms with Crippen molar-refractivity contribution in [3.8, 4) is 5.75 Å². The second kappa shape index (κ2) is 14.4. The van der Waals surface area contributed by atoms with Crippen molar-refractivity contribution in [2.75, 3.05) is 0 Å². The highest BCUT2D eigenvalue weighted by Crippen LogP contribution is 2.51. The summed E-state index contributed by atoms with van der Waals surface area (Å²) in [5, 5.41) is 15.8. The molecule has 266 valence electrons. The fraction of sp³-hybridized carbons (Fsp3) is 0.611. The number of aliphatic carboxylic acids is 1. The van der Waals surface area contributed by atoms with E-state index in [1.807, 2.05) is 0 Å². The number of rotatable bonds is 13. The summed E-state index contributed by atoms with van der Waals surface area (Å²) in [6.07, 6.45) is 1.17. The summed E-state index contributed by atoms with van der Waals surface area (Å²) >= 11 is 0. The van der Waals surface area contributed by atoms with Crippen LogP contribution < -0.4 is 15.4 Å². The van der Waals surface area contributed by atoms with Gasteiger partial charge in [-0.1, -0.05) is 33.1 Å². The maximum Gasteiger partial charge on any atom is 0.416 e. The number of carboxylic acid groups (broad SMARTS) is 1. The third-order valence-electron chi connectivity index (χ3n) is 10.5. The van der Waals surface area contributed by atoms with Crippen molar-refractivity contribution in [1.82, 2.24) is 15.6 Å². The van der Waals surface area contributed by atoms with Crippen molar-refractivity contribution < 1.29 is 47.0 Å². The number of aromatic nitrogens is 1. The van der Waals surface area contributed by atoms with Gasteiger partial charge in [-0.25, -0.2) is 0 Å². The maximum absolute atomic E-state index is 14.4. The molecule has 13 heteroatoms. The van der Waals surface area contributed by atoms with Crippen LogP contribution in [0.2, 0.25) is 0 Å². The summed E-state index contributed by atoms with van der Waals surface area (Å²) in [6.45, 7) is 4.89. The third kappa shape index (κ3) is 8.24. The van der Waals surface area contributed by atoms with E-state index in [0.29, 0.717) is 18.2 Å². The molecule has 10 nitrogen and oxygen atoms in total. The number of amides is 2. The van der Waals surface area contributed by atoms with E-state index in [2.05, 4.69) is 15.6 Å². The van der Waals surface area contributed by atoms with E-state index in [0.717, 1.165) is 44.2 Å². The molecule has 0 aliphatic heterocycles. The summed E-state index contributed by atoms with van der Waals surface area (Å²) in [7, 11) is 0. The van der Waals surface area contributed by atoms with Gasteiger partial charge in [-0.15, -0.1) is 0 Å². The molecule has 0 saturated heterocycles. The molecule has 0 radical (unpaired) electrons. The minimum absolute atomic E-state index is 0.0667. The molecular weight excluding hydrogens is 643 g/mol. The zero-order valence-electron chi connectivity index (χ0n) is 28.0. The molecule has 5 rings (SSSR count). The molecule has 2 amide bonds. The second-order valence-corrected chi connectivity index (χ2v) is 14.4. The molecule has 1 unspecified atom stereocenters. The molecule has 3 N–H and O–H groups in total. The number of nitrogens with one attached hydrogen (secondary N) is 2. The first-order chi connectivity index (χ1) is 23.1. The number of hydrogen-bond donors (Lipinski definition) is 3. The van der Waals surface area contributed by atoms with E-state index in [-0.39, 0.29) is 59.8 Å². The first kappa shape index (κ1) is 36.3. The number of hydrogen-bond acceptors (Lipinski definition) is 7. The standard InChI is InChI=1S/C36H44F3N3O7/c1-19(2)30(42-33(46)31(41-20(3)43)21-7-5-4-6-8-21)32(45)26-17-23(16-25(26)28(44)18-35(12-13-35)34(47)48)49-29-11-14-40-27-15-22(36(37,38)39)9-10-24(27)29/h9-11,14-15,19,21,23,25-26,30-31H,4-8,12-13,16-18H2,1-3H3,(H,41,43)(H,42,46)(H,47,48)/t23-,25-,26?,30+,31+/m1/s1. The lowest BCUT2D eigenvalue weighted by Crippen LogP contribution is -2.56. The van der Waals surface area contributed by atoms with Crippen molar-refractivity contribution >= 4 is 40.3 Å². The van der Waals surface area contributed by atoms with Crippen LogP contribution in [0.3, 0.4) is 0 Å². The van der Waals surface area contributed by atoms with Gasteiger partial charge in [-0.05, 0) is 74.6 Å². The van der Waals surface area contributed by atoms with E-state index in [9.17, 15) is 42.3 Å². The Balaban J connectivity index is 1.40. The smallest absolute Gasteiger partial charge is 0.416 e. The predicted octanol–water partition coefficient (Wildman–Crippen LogP) is 5.65. The number of carbonyl (C=O) groups is 5. The average Bonchev–Trinajstić information content (AvgIpc) is 3.71. The van der Waals surface area contributed by atoms with Crippen molar-refractivity contribution in [2.45, 2.75) is 109 Å². The number of ketones is 2. The molecule has 1 aromatic carbocycles. The van der Waals surface area contributed by atoms with Crippen LogP contribution in [0.4, 0.5) is 13.2 Å². The molecule has 3 aliphatic rings. The summed E-state index contributed by atoms with van der Waals surface area (Å²) in [6, 6.07) is 2.83. The third-order valence-corrected chi connectivity index (χ3v) is 10.5. The van der Waals surface area contributed by atoms with Gasteiger partial charge in [-0.3, -0.25) is 29.0 Å². The topological polar surface area (TPSA) is 152 Å². The maximum atomic E-state index is 14.4. The molecule has 3 aliphatic carbocycles. The summed E-state index contributed by atoms with van der Waals surface area (Å²) < 4.78 is 46.3. The lowest BCUT2D eigenvalue weighted by molar-refractivity contribution is -0.146. The van der Waals surface area contributed by atoms with Gasteiger partial charge in [0.1, 0.15) is 23.7 Å². The van der Waals surface area contributed by atoms with Crippen molar-refractivity contribution in [2.24, 2.45) is 29.1 Å². The van der Waals surface area contributed by atoms with Crippen LogP contribution in [0.1, 0.15) is 90.5 Å². The largest absolute Gasteiger partial charge is 0.490 e. The molecule has 0 spiro atoms. The Hall–Kier alpha value is -4.03. The number of fused-ring (bicyclic) bond motifs is 1. The van der Waals surface area contributed by atoms with Crippen LogP contribution >= 0.6 is 0 Å². The molecule has 5 atom stereocenters. The average molecular weight is 688 g/mol. The zero-order valence-corrected chi connectivity index (χ0v) is 28.0. The predicted molar refractivity (Wildman–Crippen MR) is 172 cm³/mol. The van der Waals surface area contributed by atoms with E-state index < -0.39 is 59.1 Å². The van der Waals surface area contributed by atoms with Crippen molar-refractivity contribution in [3.63, 3.8) is 0 Å². The highest BCUT2D eigenvalue weighted by atomic mass is 19.4. The number of pyridine rings is 1. The quantitative estimate of drug-likeness (QED) is 0.245. The van der Waals surface area contributed by atoms with Crippen LogP contribution in [-0.4, -0.2) is 57.6 Å². The minimum atomic E-state index is -4.56. The van der Waals surface area contributed by atoms with E-state index in [1.165, 1.54) is 25.3 Å². The van der Waals surface area contributed by atoms with Gasteiger partial charge in [0.15, 0.2) is 5.78 Å². The van der Waals surface area contributed by atoms with Crippen LogP contribution in [-0.2, 0) is 30.1 Å². The van der Waals surface area contributed by atoms with E-state index in [4.69, 9.17) is 4.74 Å². The normalized spacial score (nSPS) is 23.4. The molecule has 1 heterocycles. The van der Waals surface area contributed by atoms with Gasteiger partial charge >= 0.3 is 12.1 Å². The molecule has 3 fully saturated rings. The lowest BCUT2D eigenvalue weighted by Gasteiger charge is -2.32. The molecule has 1 aromatic heterocycles. The SMILES string of the molecule is CC(=O)N[C@H](C(=O)N[C@H](C(=O)C1C[C@H](Oc2ccnc3cc(C(F)(F)F)ccc23)C[C@H]1C(=O)CC1(C(=O)O)CC1)C(C)C)C1CCCCC1. The molecule has 2 aromatic rings. The van der Waals surface area contributed by atoms with Gasteiger partial charge in [0.2, 0.25) is 11.8 Å². The summed E-state index contributed by atoms with van der Waals surface area (Å²) in [5.74, 6) is -4.64. The Morgan fingerprint density at radius 1 is 1.00 bits per heavy atom. The van der Waals surface area contributed by atoms with Crippen LogP contribution in [0.5, 0.6) is 5.75 Å². The Labute approximate surface area is 282 Å². The van der Waals surface area contributed by atoms with Crippen LogP contribution in [0.25, 0.3) is 10.9 Å². The first-order valence-electron chi connectivity index (χ1n) is 17.1. The van der Waals surface area contributed by atoms with Crippen molar-refractivity contribution in [1.29, 1.82) is 0 Å². The van der Waals surface area contributed by atoms with Gasteiger partial charge < -0.3 is 20.5 Å². The first-order valence-corrected chi connectivity index (χ1v) is 17.1. The van der Waals surface area contributed by atoms with Gasteiger partial charge in [0.25, 0.3) is 0 Å². The number of nitrogens with zero attached hydrogens (tertiary/aromatic N) is 1. The Morgan fingerprint density at radius 2 is 1.67 bits per heavy atom. The number of ether oxygens (including phenoxy) is 1. The number of halogens is 3. The van der Waals surface area contributed by atoms with Gasteiger partial charge in [-0.2, -0.15) is 13.2 Å². The Morgan fingerprint density at radius 3 is 2.27 bits per heavy atom. The second-order valence-electron chi connectivity index (χ2n) is 14.4. The Kier molecular flexibility index (Phi) is 10.7. The van der Waals surface area contributed by atoms with Gasteiger partial charge in [0, 0.05) is 36.8 Å². The van der Waals surface area contributed by atoms with E-state index in [1.54, 1.807) is 13.8 Å². The lowest BCUT2D eigenvalue weighted by atomic mass is 9.79. The molecule has 3 saturated carbocycles. The number of carboxylic acids is 1. The minimum Gasteiger partial charge on any atom is -0.490 e. The highest BCUT2D eigenvalue weighted by molar-refractivity contribution is 5.98. The number of Topliss-reactive ketones (excluding diaryl/α,β-unsaturated/α-hetero) is 2. The molecule has 0 bridgehead atoms. The zero-order chi connectivity index (χ0) is 35.7. The summed E-state index contributed by atoms with van der Waals surface area (Å²) in [4.78, 5) is 70.0. The number of carbonyl (C=O) groups excluding carboxylic acids is 4. The highest BCUT2D eigenvalue weighted by Gasteiger charge is 2.54. The number of alkyl halides is 3. The molecule has 49 heavy (non-hydrogen) atoms. The fourth-order valence-electron chi connectivity index (χ4n) is 7.54. The monoisotopic (exact) mass is 687 g/mol. The molecular formula is C36H44F3N3O7. The van der Waals surface area contributed by atoms with Crippen molar-refractivity contribution in [3.05, 3.63) is 36.0 Å². The number of benzene rings is 1. The Bertz CT molecular complexity index is 1600. The fourth-order valence-corrected chi connectivity index (χ4v) is 7.54. The van der Waals surface area contributed by atoms with Gasteiger partial charge in [0.05, 0.1) is 22.5 Å².